The van der Waals surface area contributed by atoms with E-state index in [0.29, 0.717) is 6.61 Å². The number of rotatable bonds is 4. The van der Waals surface area contributed by atoms with Crippen LogP contribution < -0.4 is 4.74 Å². The first-order valence-electron chi connectivity index (χ1n) is 7.36. The zero-order valence-electron chi connectivity index (χ0n) is 12.1. The Hall–Kier alpha value is -1.32. The third-order valence-corrected chi connectivity index (χ3v) is 4.61. The minimum absolute atomic E-state index is 0.218. The predicted octanol–water partition coefficient (Wildman–Crippen LogP) is 4.30. The SMILES string of the molecule is CCOc1ccc(Br)cc1C(O)C1Cc2ccccc2C1. The number of hydrogen-bond donors (Lipinski definition) is 1. The fourth-order valence-electron chi connectivity index (χ4n) is 3.11. The van der Waals surface area contributed by atoms with Gasteiger partial charge in [0.2, 0.25) is 0 Å². The molecular formula is C18H19BrO2. The van der Waals surface area contributed by atoms with Crippen molar-refractivity contribution >= 4 is 15.9 Å². The average molecular weight is 347 g/mol. The Morgan fingerprint density at radius 2 is 1.86 bits per heavy atom. The molecule has 3 rings (SSSR count). The molecule has 0 aliphatic heterocycles. The summed E-state index contributed by atoms with van der Waals surface area (Å²) in [7, 11) is 0. The number of aliphatic hydroxyl groups excluding tert-OH is 1. The molecule has 21 heavy (non-hydrogen) atoms. The molecule has 2 nitrogen and oxygen atoms in total. The first kappa shape index (κ1) is 14.6. The quantitative estimate of drug-likeness (QED) is 0.894. The van der Waals surface area contributed by atoms with Gasteiger partial charge < -0.3 is 9.84 Å². The third-order valence-electron chi connectivity index (χ3n) is 4.12. The molecule has 1 unspecified atom stereocenters. The largest absolute Gasteiger partial charge is 0.493 e. The number of halogens is 1. The lowest BCUT2D eigenvalue weighted by Crippen LogP contribution is -2.14. The van der Waals surface area contributed by atoms with Gasteiger partial charge in [0.05, 0.1) is 12.7 Å². The summed E-state index contributed by atoms with van der Waals surface area (Å²) in [4.78, 5) is 0. The minimum atomic E-state index is -0.503. The summed E-state index contributed by atoms with van der Waals surface area (Å²) < 4.78 is 6.64. The van der Waals surface area contributed by atoms with Crippen LogP contribution in [0.25, 0.3) is 0 Å². The van der Waals surface area contributed by atoms with Gasteiger partial charge in [-0.15, -0.1) is 0 Å². The smallest absolute Gasteiger partial charge is 0.125 e. The van der Waals surface area contributed by atoms with Crippen molar-refractivity contribution in [2.24, 2.45) is 5.92 Å². The van der Waals surface area contributed by atoms with Crippen LogP contribution >= 0.6 is 15.9 Å². The summed E-state index contributed by atoms with van der Waals surface area (Å²) in [6, 6.07) is 14.3. The molecular weight excluding hydrogens is 328 g/mol. The van der Waals surface area contributed by atoms with Crippen molar-refractivity contribution in [2.45, 2.75) is 25.9 Å². The van der Waals surface area contributed by atoms with E-state index >= 15 is 0 Å². The summed E-state index contributed by atoms with van der Waals surface area (Å²) in [6.07, 6.45) is 1.35. The second-order valence-corrected chi connectivity index (χ2v) is 6.41. The third kappa shape index (κ3) is 2.99. The number of hydrogen-bond acceptors (Lipinski definition) is 2. The van der Waals surface area contributed by atoms with Crippen LogP contribution in [-0.2, 0) is 12.8 Å². The molecule has 0 heterocycles. The summed E-state index contributed by atoms with van der Waals surface area (Å²) in [5.41, 5.74) is 3.59. The number of ether oxygens (including phenoxy) is 1. The molecule has 0 fully saturated rings. The highest BCUT2D eigenvalue weighted by Gasteiger charge is 2.30. The lowest BCUT2D eigenvalue weighted by atomic mass is 9.92. The van der Waals surface area contributed by atoms with Crippen LogP contribution in [-0.4, -0.2) is 11.7 Å². The van der Waals surface area contributed by atoms with Crippen molar-refractivity contribution in [3.05, 3.63) is 63.6 Å². The van der Waals surface area contributed by atoms with Crippen LogP contribution in [0.2, 0.25) is 0 Å². The first-order valence-corrected chi connectivity index (χ1v) is 8.15. The molecule has 2 aromatic rings. The highest BCUT2D eigenvalue weighted by atomic mass is 79.9. The van der Waals surface area contributed by atoms with E-state index < -0.39 is 6.10 Å². The van der Waals surface area contributed by atoms with Gasteiger partial charge in [0.1, 0.15) is 5.75 Å². The lowest BCUT2D eigenvalue weighted by Gasteiger charge is -2.21. The van der Waals surface area contributed by atoms with E-state index in [2.05, 4.69) is 40.2 Å². The first-order chi connectivity index (χ1) is 10.2. The predicted molar refractivity (Wildman–Crippen MR) is 87.6 cm³/mol. The molecule has 0 spiro atoms. The van der Waals surface area contributed by atoms with Gasteiger partial charge in [-0.05, 0) is 55.0 Å². The van der Waals surface area contributed by atoms with Crippen molar-refractivity contribution in [1.82, 2.24) is 0 Å². The Morgan fingerprint density at radius 1 is 1.19 bits per heavy atom. The number of fused-ring (bicyclic) bond motifs is 1. The molecule has 0 radical (unpaired) electrons. The maximum absolute atomic E-state index is 10.8. The summed E-state index contributed by atoms with van der Waals surface area (Å²) >= 11 is 3.49. The maximum Gasteiger partial charge on any atom is 0.125 e. The molecule has 0 bridgehead atoms. The second-order valence-electron chi connectivity index (χ2n) is 5.50. The van der Waals surface area contributed by atoms with E-state index in [4.69, 9.17) is 4.74 Å². The van der Waals surface area contributed by atoms with Crippen molar-refractivity contribution in [3.63, 3.8) is 0 Å². The monoisotopic (exact) mass is 346 g/mol. The Labute approximate surface area is 133 Å². The Kier molecular flexibility index (Phi) is 4.32. The van der Waals surface area contributed by atoms with Gasteiger partial charge in [-0.3, -0.25) is 0 Å². The zero-order valence-corrected chi connectivity index (χ0v) is 13.6. The molecule has 1 aliphatic carbocycles. The zero-order chi connectivity index (χ0) is 14.8. The second kappa shape index (κ2) is 6.20. The number of benzene rings is 2. The minimum Gasteiger partial charge on any atom is -0.493 e. The van der Waals surface area contributed by atoms with Crippen LogP contribution in [0.4, 0.5) is 0 Å². The molecule has 0 aromatic heterocycles. The molecule has 0 amide bonds. The van der Waals surface area contributed by atoms with Gasteiger partial charge in [0.15, 0.2) is 0 Å². The molecule has 110 valence electrons. The van der Waals surface area contributed by atoms with Crippen molar-refractivity contribution in [2.75, 3.05) is 6.61 Å². The highest BCUT2D eigenvalue weighted by molar-refractivity contribution is 9.10. The van der Waals surface area contributed by atoms with Gasteiger partial charge >= 0.3 is 0 Å². The Morgan fingerprint density at radius 3 is 2.48 bits per heavy atom. The topological polar surface area (TPSA) is 29.5 Å². The molecule has 1 aliphatic rings. The molecule has 0 saturated heterocycles. The van der Waals surface area contributed by atoms with Crippen LogP contribution in [0.3, 0.4) is 0 Å². The fourth-order valence-corrected chi connectivity index (χ4v) is 3.49. The lowest BCUT2D eigenvalue weighted by molar-refractivity contribution is 0.109. The molecule has 2 aromatic carbocycles. The van der Waals surface area contributed by atoms with Gasteiger partial charge in [-0.25, -0.2) is 0 Å². The molecule has 3 heteroatoms. The van der Waals surface area contributed by atoms with Crippen LogP contribution in [0, 0.1) is 5.92 Å². The molecule has 1 N–H and O–H groups in total. The average Bonchev–Trinajstić information content (AvgIpc) is 2.92. The normalized spacial score (nSPS) is 15.8. The van der Waals surface area contributed by atoms with Gasteiger partial charge in [-0.1, -0.05) is 40.2 Å². The molecule has 1 atom stereocenters. The Balaban J connectivity index is 1.86. The fraction of sp³-hybridized carbons (Fsp3) is 0.333. The van der Waals surface area contributed by atoms with Crippen molar-refractivity contribution in [3.8, 4) is 5.75 Å². The van der Waals surface area contributed by atoms with E-state index in [-0.39, 0.29) is 5.92 Å². The van der Waals surface area contributed by atoms with E-state index in [9.17, 15) is 5.11 Å². The maximum atomic E-state index is 10.8. The van der Waals surface area contributed by atoms with Crippen LogP contribution in [0.1, 0.15) is 29.7 Å². The van der Waals surface area contributed by atoms with Gasteiger partial charge in [0, 0.05) is 10.0 Å². The van der Waals surface area contributed by atoms with Crippen LogP contribution in [0.5, 0.6) is 5.75 Å². The van der Waals surface area contributed by atoms with Gasteiger partial charge in [-0.2, -0.15) is 0 Å². The highest BCUT2D eigenvalue weighted by Crippen LogP contribution is 2.39. The van der Waals surface area contributed by atoms with Crippen LogP contribution in [0.15, 0.2) is 46.9 Å². The summed E-state index contributed by atoms with van der Waals surface area (Å²) in [5, 5.41) is 10.8. The van der Waals surface area contributed by atoms with E-state index in [1.807, 2.05) is 25.1 Å². The van der Waals surface area contributed by atoms with Crippen molar-refractivity contribution in [1.29, 1.82) is 0 Å². The molecule has 0 saturated carbocycles. The van der Waals surface area contributed by atoms with Crippen molar-refractivity contribution < 1.29 is 9.84 Å². The Bertz CT molecular complexity index is 614. The standard InChI is InChI=1S/C18H19BrO2/c1-2-21-17-8-7-15(19)11-16(17)18(20)14-9-12-5-3-4-6-13(12)10-14/h3-8,11,14,18,20H,2,9-10H2,1H3. The summed E-state index contributed by atoms with van der Waals surface area (Å²) in [5.74, 6) is 1.00. The van der Waals surface area contributed by atoms with E-state index in [0.717, 1.165) is 28.6 Å². The number of aliphatic hydroxyl groups is 1. The summed E-state index contributed by atoms with van der Waals surface area (Å²) in [6.45, 7) is 2.57. The van der Waals surface area contributed by atoms with Gasteiger partial charge in [0.25, 0.3) is 0 Å². The van der Waals surface area contributed by atoms with E-state index in [1.54, 1.807) is 0 Å². The van der Waals surface area contributed by atoms with E-state index in [1.165, 1.54) is 11.1 Å².